The van der Waals surface area contributed by atoms with Gasteiger partial charge in [-0.05, 0) is 23.4 Å². The van der Waals surface area contributed by atoms with Gasteiger partial charge in [-0.1, -0.05) is 0 Å². The average Bonchev–Trinajstić information content (AvgIpc) is 2.46. The van der Waals surface area contributed by atoms with Crippen molar-refractivity contribution in [2.24, 2.45) is 0 Å². The number of fused-ring (bicyclic) bond motifs is 1. The van der Waals surface area contributed by atoms with Crippen molar-refractivity contribution in [2.45, 2.75) is 6.18 Å². The van der Waals surface area contributed by atoms with Crippen LogP contribution in [-0.4, -0.2) is 15.1 Å². The van der Waals surface area contributed by atoms with Crippen LogP contribution < -0.4 is 5.84 Å². The SMILES string of the molecule is Nn1nnc2cc(C(F)(F)F)ccc21. The van der Waals surface area contributed by atoms with Gasteiger partial charge >= 0.3 is 6.18 Å². The third-order valence-electron chi connectivity index (χ3n) is 1.80. The molecule has 0 unspecified atom stereocenters. The predicted molar refractivity (Wildman–Crippen MR) is 42.7 cm³/mol. The standard InChI is InChI=1S/C7H5F3N4/c8-7(9,10)4-1-2-6-5(3-4)12-13-14(6)11/h1-3H,11H2. The molecule has 2 N–H and O–H groups in total. The van der Waals surface area contributed by atoms with Gasteiger partial charge in [-0.2, -0.15) is 18.0 Å². The maximum Gasteiger partial charge on any atom is 0.416 e. The number of nitrogens with two attached hydrogens (primary N) is 1. The molecule has 4 nitrogen and oxygen atoms in total. The zero-order valence-electron chi connectivity index (χ0n) is 6.78. The van der Waals surface area contributed by atoms with E-state index >= 15 is 0 Å². The molecule has 0 aliphatic heterocycles. The quantitative estimate of drug-likeness (QED) is 0.652. The topological polar surface area (TPSA) is 56.7 Å². The molecule has 0 radical (unpaired) electrons. The van der Waals surface area contributed by atoms with Gasteiger partial charge in [0, 0.05) is 0 Å². The molecular formula is C7H5F3N4. The maximum absolute atomic E-state index is 12.2. The van der Waals surface area contributed by atoms with Gasteiger partial charge in [0.15, 0.2) is 0 Å². The van der Waals surface area contributed by atoms with Crippen molar-refractivity contribution in [1.82, 2.24) is 15.1 Å². The Kier molecular flexibility index (Phi) is 1.63. The maximum atomic E-state index is 12.2. The smallest absolute Gasteiger partial charge is 0.321 e. The van der Waals surface area contributed by atoms with Gasteiger partial charge in [0.25, 0.3) is 0 Å². The van der Waals surface area contributed by atoms with Gasteiger partial charge in [-0.3, -0.25) is 0 Å². The Labute approximate surface area is 76.1 Å². The van der Waals surface area contributed by atoms with Crippen molar-refractivity contribution in [3.63, 3.8) is 0 Å². The molecule has 1 aromatic carbocycles. The van der Waals surface area contributed by atoms with Crippen molar-refractivity contribution in [3.8, 4) is 0 Å². The first kappa shape index (κ1) is 8.79. The molecule has 0 bridgehead atoms. The first-order valence-corrected chi connectivity index (χ1v) is 3.66. The molecule has 7 heteroatoms. The van der Waals surface area contributed by atoms with Crippen molar-refractivity contribution < 1.29 is 13.2 Å². The Hall–Kier alpha value is -1.79. The van der Waals surface area contributed by atoms with Crippen LogP contribution in [0.5, 0.6) is 0 Å². The van der Waals surface area contributed by atoms with Crippen molar-refractivity contribution in [1.29, 1.82) is 0 Å². The fourth-order valence-electron chi connectivity index (χ4n) is 1.12. The molecule has 0 saturated heterocycles. The van der Waals surface area contributed by atoms with Crippen LogP contribution in [0.25, 0.3) is 11.0 Å². The van der Waals surface area contributed by atoms with Crippen LogP contribution in [0.1, 0.15) is 5.56 Å². The highest BCUT2D eigenvalue weighted by Crippen LogP contribution is 2.30. The lowest BCUT2D eigenvalue weighted by atomic mass is 10.2. The molecule has 0 amide bonds. The molecule has 0 fully saturated rings. The number of rotatable bonds is 0. The van der Waals surface area contributed by atoms with Crippen molar-refractivity contribution >= 4 is 11.0 Å². The summed E-state index contributed by atoms with van der Waals surface area (Å²) in [5.41, 5.74) is -0.272. The van der Waals surface area contributed by atoms with Crippen LogP contribution in [0.15, 0.2) is 18.2 Å². The summed E-state index contributed by atoms with van der Waals surface area (Å²) in [6, 6.07) is 3.08. The highest BCUT2D eigenvalue weighted by atomic mass is 19.4. The summed E-state index contributed by atoms with van der Waals surface area (Å²) in [5.74, 6) is 5.30. The number of aromatic nitrogens is 3. The van der Waals surface area contributed by atoms with Gasteiger partial charge < -0.3 is 5.84 Å². The summed E-state index contributed by atoms with van der Waals surface area (Å²) in [6.45, 7) is 0. The van der Waals surface area contributed by atoms with E-state index in [0.29, 0.717) is 5.52 Å². The monoisotopic (exact) mass is 202 g/mol. The first-order chi connectivity index (χ1) is 6.48. The number of nitrogens with zero attached hydrogens (tertiary/aromatic N) is 3. The fraction of sp³-hybridized carbons (Fsp3) is 0.143. The second-order valence-electron chi connectivity index (χ2n) is 2.74. The van der Waals surface area contributed by atoms with Gasteiger partial charge in [-0.15, -0.1) is 5.10 Å². The number of hydrogen-bond acceptors (Lipinski definition) is 3. The molecule has 2 aromatic rings. The third kappa shape index (κ3) is 1.26. The fourth-order valence-corrected chi connectivity index (χ4v) is 1.12. The molecule has 0 saturated carbocycles. The minimum absolute atomic E-state index is 0.127. The highest BCUT2D eigenvalue weighted by Gasteiger charge is 2.30. The summed E-state index contributed by atoms with van der Waals surface area (Å²) in [6.07, 6.45) is -4.37. The summed E-state index contributed by atoms with van der Waals surface area (Å²) in [7, 11) is 0. The molecule has 0 atom stereocenters. The second-order valence-corrected chi connectivity index (χ2v) is 2.74. The van der Waals surface area contributed by atoms with Crippen LogP contribution >= 0.6 is 0 Å². The molecule has 0 aliphatic rings. The molecule has 2 rings (SSSR count). The molecule has 0 spiro atoms. The predicted octanol–water partition coefficient (Wildman–Crippen LogP) is 1.16. The second kappa shape index (κ2) is 2.60. The van der Waals surface area contributed by atoms with E-state index in [-0.39, 0.29) is 5.52 Å². The van der Waals surface area contributed by atoms with E-state index in [2.05, 4.69) is 10.3 Å². The summed E-state index contributed by atoms with van der Waals surface area (Å²) in [4.78, 5) is 0.926. The van der Waals surface area contributed by atoms with E-state index < -0.39 is 11.7 Å². The molecule has 74 valence electrons. The Morgan fingerprint density at radius 3 is 2.64 bits per heavy atom. The Morgan fingerprint density at radius 2 is 2.00 bits per heavy atom. The van der Waals surface area contributed by atoms with Crippen LogP contribution in [0, 0.1) is 0 Å². The van der Waals surface area contributed by atoms with E-state index in [1.807, 2.05) is 0 Å². The molecule has 0 aliphatic carbocycles. The summed E-state index contributed by atoms with van der Waals surface area (Å²) < 4.78 is 36.7. The Morgan fingerprint density at radius 1 is 1.29 bits per heavy atom. The lowest BCUT2D eigenvalue weighted by Gasteiger charge is -2.05. The zero-order chi connectivity index (χ0) is 10.3. The number of benzene rings is 1. The summed E-state index contributed by atoms with van der Waals surface area (Å²) in [5, 5.41) is 6.88. The van der Waals surface area contributed by atoms with E-state index in [9.17, 15) is 13.2 Å². The van der Waals surface area contributed by atoms with E-state index in [4.69, 9.17) is 5.84 Å². The van der Waals surface area contributed by atoms with Gasteiger partial charge in [0.2, 0.25) is 0 Å². The minimum atomic E-state index is -4.37. The molecule has 14 heavy (non-hydrogen) atoms. The lowest BCUT2D eigenvalue weighted by molar-refractivity contribution is -0.137. The highest BCUT2D eigenvalue weighted by molar-refractivity contribution is 5.75. The van der Waals surface area contributed by atoms with Crippen LogP contribution in [0.4, 0.5) is 13.2 Å². The van der Waals surface area contributed by atoms with Crippen molar-refractivity contribution in [3.05, 3.63) is 23.8 Å². The average molecular weight is 202 g/mol. The zero-order valence-corrected chi connectivity index (χ0v) is 6.78. The normalized spacial score (nSPS) is 12.2. The molecule has 1 aromatic heterocycles. The number of nitrogen functional groups attached to an aromatic ring is 1. The summed E-state index contributed by atoms with van der Waals surface area (Å²) >= 11 is 0. The Bertz CT molecular complexity index is 473. The van der Waals surface area contributed by atoms with Crippen LogP contribution in [-0.2, 0) is 6.18 Å². The number of alkyl halides is 3. The number of hydrogen-bond donors (Lipinski definition) is 1. The van der Waals surface area contributed by atoms with Crippen molar-refractivity contribution in [2.75, 3.05) is 5.84 Å². The third-order valence-corrected chi connectivity index (χ3v) is 1.80. The van der Waals surface area contributed by atoms with Crippen LogP contribution in [0.3, 0.4) is 0 Å². The molecular weight excluding hydrogens is 197 g/mol. The first-order valence-electron chi connectivity index (χ1n) is 3.66. The molecule has 1 heterocycles. The van der Waals surface area contributed by atoms with Gasteiger partial charge in [0.05, 0.1) is 5.56 Å². The van der Waals surface area contributed by atoms with Crippen LogP contribution in [0.2, 0.25) is 0 Å². The van der Waals surface area contributed by atoms with E-state index in [1.165, 1.54) is 6.07 Å². The Balaban J connectivity index is 2.63. The number of halogens is 3. The van der Waals surface area contributed by atoms with E-state index in [1.54, 1.807) is 0 Å². The minimum Gasteiger partial charge on any atom is -0.321 e. The van der Waals surface area contributed by atoms with Gasteiger partial charge in [0.1, 0.15) is 11.0 Å². The largest absolute Gasteiger partial charge is 0.416 e. The van der Waals surface area contributed by atoms with Gasteiger partial charge in [-0.25, -0.2) is 0 Å². The van der Waals surface area contributed by atoms with E-state index in [0.717, 1.165) is 16.9 Å². The lowest BCUT2D eigenvalue weighted by Crippen LogP contribution is -2.09.